The number of benzene rings is 1. The predicted molar refractivity (Wildman–Crippen MR) is 202 cm³/mol. The number of nitrogens with zero attached hydrogens (tertiary/aromatic N) is 2. The second kappa shape index (κ2) is 12.9. The number of sulfonamides is 1. The molecule has 1 aromatic carbocycles. The normalized spacial score (nSPS) is 32.7. The van der Waals surface area contributed by atoms with E-state index in [1.807, 2.05) is 43.3 Å². The number of rotatable bonds is 6. The lowest BCUT2D eigenvalue weighted by molar-refractivity contribution is -0.141. The first kappa shape index (κ1) is 36.4. The van der Waals surface area contributed by atoms with Crippen LogP contribution in [0.5, 0.6) is 5.75 Å². The van der Waals surface area contributed by atoms with Crippen molar-refractivity contribution in [3.05, 3.63) is 47.7 Å². The van der Waals surface area contributed by atoms with Gasteiger partial charge in [-0.25, -0.2) is 18.2 Å². The molecule has 7 aliphatic rings. The fraction of sp³-hybridized carbons (Fsp3) is 0.634. The van der Waals surface area contributed by atoms with Gasteiger partial charge in [-0.1, -0.05) is 43.2 Å². The lowest BCUT2D eigenvalue weighted by Gasteiger charge is -2.36. The average molecular weight is 774 g/mol. The van der Waals surface area contributed by atoms with Gasteiger partial charge in [-0.15, -0.1) is 0 Å². The highest BCUT2D eigenvalue weighted by Gasteiger charge is 2.64. The van der Waals surface area contributed by atoms with E-state index in [1.54, 1.807) is 6.92 Å². The van der Waals surface area contributed by atoms with Crippen LogP contribution in [0.4, 0.5) is 4.79 Å². The monoisotopic (exact) mass is 773 g/mol. The maximum Gasteiger partial charge on any atom is 0.408 e. The van der Waals surface area contributed by atoms with Gasteiger partial charge in [0.05, 0.1) is 22.5 Å². The molecule has 55 heavy (non-hydrogen) atoms. The van der Waals surface area contributed by atoms with E-state index in [0.29, 0.717) is 55.9 Å². The number of hydrogen-bond acceptors (Lipinski definition) is 9. The van der Waals surface area contributed by atoms with Gasteiger partial charge in [0, 0.05) is 23.3 Å². The minimum absolute atomic E-state index is 0.0874. The van der Waals surface area contributed by atoms with E-state index in [0.717, 1.165) is 61.4 Å². The summed E-state index contributed by atoms with van der Waals surface area (Å²) in [5.74, 6) is -1.11. The third-order valence-corrected chi connectivity index (χ3v) is 15.7. The third kappa shape index (κ3) is 6.55. The van der Waals surface area contributed by atoms with Crippen molar-refractivity contribution in [2.75, 3.05) is 6.54 Å². The number of pyridine rings is 1. The van der Waals surface area contributed by atoms with E-state index in [-0.39, 0.29) is 19.4 Å². The summed E-state index contributed by atoms with van der Waals surface area (Å²) >= 11 is 0. The molecule has 294 valence electrons. The zero-order valence-corrected chi connectivity index (χ0v) is 32.5. The van der Waals surface area contributed by atoms with Crippen molar-refractivity contribution in [1.82, 2.24) is 25.2 Å². The van der Waals surface area contributed by atoms with Crippen LogP contribution in [0.2, 0.25) is 0 Å². The fourth-order valence-corrected chi connectivity index (χ4v) is 10.6. The Bertz CT molecular complexity index is 2110. The van der Waals surface area contributed by atoms with E-state index >= 15 is 0 Å². The number of aryl methyl sites for hydroxylation is 2. The van der Waals surface area contributed by atoms with Gasteiger partial charge in [0.15, 0.2) is 0 Å². The molecule has 5 atom stereocenters. The molecule has 4 amide bonds. The molecular weight excluding hydrogens is 723 g/mol. The van der Waals surface area contributed by atoms with Crippen LogP contribution in [0.1, 0.15) is 108 Å². The highest BCUT2D eigenvalue weighted by Crippen LogP contribution is 2.56. The summed E-state index contributed by atoms with van der Waals surface area (Å²) in [6.07, 6.45) is 12.8. The largest absolute Gasteiger partial charge is 0.483 e. The van der Waals surface area contributed by atoms with Crippen LogP contribution in [0.25, 0.3) is 10.9 Å². The van der Waals surface area contributed by atoms with Crippen LogP contribution in [0.3, 0.4) is 0 Å². The molecule has 4 heterocycles. The lowest BCUT2D eigenvalue weighted by atomic mass is 9.87. The number of nitrogens with one attached hydrogen (secondary N) is 3. The zero-order valence-electron chi connectivity index (χ0n) is 31.7. The van der Waals surface area contributed by atoms with Crippen LogP contribution in [-0.4, -0.2) is 82.2 Å². The lowest BCUT2D eigenvalue weighted by Crippen LogP contribution is -2.58. The Labute approximate surface area is 321 Å². The highest BCUT2D eigenvalue weighted by molar-refractivity contribution is 7.91. The van der Waals surface area contributed by atoms with Crippen LogP contribution in [0, 0.1) is 18.8 Å². The molecule has 4 aliphatic carbocycles. The third-order valence-electron chi connectivity index (χ3n) is 13.5. The van der Waals surface area contributed by atoms with Crippen LogP contribution in [0.15, 0.2) is 36.4 Å². The Morgan fingerprint density at radius 2 is 1.80 bits per heavy atom. The molecule has 0 radical (unpaired) electrons. The van der Waals surface area contributed by atoms with E-state index < -0.39 is 73.3 Å². The number of carbonyl (C=O) groups is 4. The van der Waals surface area contributed by atoms with Crippen molar-refractivity contribution in [2.45, 2.75) is 144 Å². The summed E-state index contributed by atoms with van der Waals surface area (Å²) in [6.45, 7) is 3.60. The summed E-state index contributed by atoms with van der Waals surface area (Å²) in [4.78, 5) is 63.2. The Morgan fingerprint density at radius 3 is 2.55 bits per heavy atom. The second-order valence-corrected chi connectivity index (χ2v) is 19.8. The van der Waals surface area contributed by atoms with Crippen molar-refractivity contribution in [3.8, 4) is 5.75 Å². The second-order valence-electron chi connectivity index (χ2n) is 17.6. The molecule has 2 aromatic rings. The van der Waals surface area contributed by atoms with Crippen molar-refractivity contribution >= 4 is 44.7 Å². The highest BCUT2D eigenvalue weighted by atomic mass is 32.2. The number of allylic oxidation sites excluding steroid dienone is 1. The van der Waals surface area contributed by atoms with E-state index in [2.05, 4.69) is 15.4 Å². The van der Waals surface area contributed by atoms with Crippen LogP contribution < -0.4 is 20.1 Å². The van der Waals surface area contributed by atoms with Crippen LogP contribution >= 0.6 is 0 Å². The molecule has 5 fully saturated rings. The van der Waals surface area contributed by atoms with Crippen molar-refractivity contribution in [3.63, 3.8) is 0 Å². The van der Waals surface area contributed by atoms with Gasteiger partial charge in [-0.05, 0) is 103 Å². The Hall–Kier alpha value is -4.20. The predicted octanol–water partition coefficient (Wildman–Crippen LogP) is 4.64. The van der Waals surface area contributed by atoms with Gasteiger partial charge in [0.1, 0.15) is 34.6 Å². The number of carbonyl (C=O) groups excluding carboxylic acids is 4. The standard InChI is InChI=1S/C41H51N5O8S/c1-25-33-29(28-11-8-9-12-30(28)42-25)16-17-39(53-33)23-32-34(47)44-41(36(49)45-55(51,52)38(2)18-19-38)22-27(41)10-6-4-3-5-7-13-31(35(48)46(32)24-39)43-37(50)54-40(20-21-40)26-14-15-26/h6,8-12,26-27,31-32H,3-5,7,13-24H2,1-2H3,(H,43,50)(H,44,47)(H,45,49)/b10-6-/t27-,31+,32+,39-,41-/m1/s1. The van der Waals surface area contributed by atoms with Gasteiger partial charge in [0.2, 0.25) is 21.8 Å². The van der Waals surface area contributed by atoms with Gasteiger partial charge < -0.3 is 25.0 Å². The molecule has 3 aliphatic heterocycles. The molecule has 14 heteroatoms. The molecule has 1 aromatic heterocycles. The Morgan fingerprint density at radius 1 is 1.02 bits per heavy atom. The number of fused-ring (bicyclic) bond motifs is 5. The van der Waals surface area contributed by atoms with Gasteiger partial charge in [-0.2, -0.15) is 0 Å². The minimum atomic E-state index is -3.97. The molecule has 4 saturated carbocycles. The summed E-state index contributed by atoms with van der Waals surface area (Å²) < 4.78 is 40.6. The molecule has 1 spiro atoms. The molecular formula is C41H51N5O8S. The SMILES string of the molecule is Cc1nc2ccccc2c2c1O[C@]1(CC2)C[C@H]2C(=O)N[C@]3(C(=O)NS(=O)(=O)C4(C)CC4)C[C@H]3/C=C\CCCCC[C@H](NC(=O)OC3(C4CC4)CC3)C(=O)N2C1. The Balaban J connectivity index is 1.04. The van der Waals surface area contributed by atoms with Crippen molar-refractivity contribution in [1.29, 1.82) is 0 Å². The minimum Gasteiger partial charge on any atom is -0.483 e. The summed E-state index contributed by atoms with van der Waals surface area (Å²) in [7, 11) is -3.97. The van der Waals surface area contributed by atoms with Crippen molar-refractivity contribution < 1.29 is 37.1 Å². The number of para-hydroxylation sites is 1. The smallest absolute Gasteiger partial charge is 0.408 e. The summed E-state index contributed by atoms with van der Waals surface area (Å²) in [5, 5.41) is 6.88. The molecule has 1 saturated heterocycles. The molecule has 9 rings (SSSR count). The number of hydrogen-bond donors (Lipinski definition) is 3. The maximum atomic E-state index is 14.8. The van der Waals surface area contributed by atoms with Gasteiger partial charge >= 0.3 is 6.09 Å². The molecule has 0 bridgehead atoms. The molecule has 3 N–H and O–H groups in total. The summed E-state index contributed by atoms with van der Waals surface area (Å²) in [6, 6.07) is 5.92. The first-order valence-corrected chi connectivity index (χ1v) is 21.7. The first-order chi connectivity index (χ1) is 26.3. The van der Waals surface area contributed by atoms with E-state index in [1.165, 1.54) is 4.90 Å². The van der Waals surface area contributed by atoms with E-state index in [9.17, 15) is 27.6 Å². The maximum absolute atomic E-state index is 14.8. The zero-order chi connectivity index (χ0) is 38.4. The van der Waals surface area contributed by atoms with Crippen LogP contribution in [-0.2, 0) is 35.6 Å². The number of alkyl carbamates (subject to hydrolysis) is 1. The quantitative estimate of drug-likeness (QED) is 0.354. The molecule has 13 nitrogen and oxygen atoms in total. The number of amides is 4. The average Bonchev–Trinajstić information content (AvgIpc) is 3.95. The van der Waals surface area contributed by atoms with Gasteiger partial charge in [0.25, 0.3) is 5.91 Å². The van der Waals surface area contributed by atoms with E-state index in [4.69, 9.17) is 14.5 Å². The fourth-order valence-electron chi connectivity index (χ4n) is 9.33. The number of ether oxygens (including phenoxy) is 2. The van der Waals surface area contributed by atoms with Gasteiger partial charge in [-0.3, -0.25) is 19.1 Å². The Kier molecular flexibility index (Phi) is 8.56. The topological polar surface area (TPSA) is 173 Å². The first-order valence-electron chi connectivity index (χ1n) is 20.2. The molecule has 0 unspecified atom stereocenters. The summed E-state index contributed by atoms with van der Waals surface area (Å²) in [5.41, 5.74) is -0.236. The van der Waals surface area contributed by atoms with Crippen molar-refractivity contribution in [2.24, 2.45) is 11.8 Å². The number of aromatic nitrogens is 1.